The lowest BCUT2D eigenvalue weighted by atomic mass is 10.4. The first-order chi connectivity index (χ1) is 7.85. The molecule has 0 aliphatic carbocycles. The molecule has 0 spiro atoms. The lowest BCUT2D eigenvalue weighted by Gasteiger charge is -1.84. The smallest absolute Gasteiger partial charge is 0.0877 e. The fourth-order valence-electron chi connectivity index (χ4n) is 1.04. The molecule has 16 heavy (non-hydrogen) atoms. The molecule has 88 valence electrons. The van der Waals surface area contributed by atoms with Crippen LogP contribution in [0, 0.1) is 0 Å². The van der Waals surface area contributed by atoms with Gasteiger partial charge in [-0.15, -0.1) is 0 Å². The van der Waals surface area contributed by atoms with E-state index in [-0.39, 0.29) is 0 Å². The molecule has 0 bridgehead atoms. The topological polar surface area (TPSA) is 0 Å². The van der Waals surface area contributed by atoms with E-state index in [4.69, 9.17) is 0 Å². The van der Waals surface area contributed by atoms with Crippen molar-refractivity contribution < 1.29 is 0 Å². The third-order valence-corrected chi connectivity index (χ3v) is 2.75. The summed E-state index contributed by atoms with van der Waals surface area (Å²) in [5, 5.41) is 0. The average molecular weight is 235 g/mol. The van der Waals surface area contributed by atoms with Crippen molar-refractivity contribution in [2.75, 3.05) is 5.75 Å². The van der Waals surface area contributed by atoms with Gasteiger partial charge in [-0.05, 0) is 32.4 Å². The van der Waals surface area contributed by atoms with E-state index in [9.17, 15) is 0 Å². The van der Waals surface area contributed by atoms with Gasteiger partial charge < -0.3 is 0 Å². The van der Waals surface area contributed by atoms with Gasteiger partial charge in [0.1, 0.15) is 5.75 Å². The molecule has 0 fully saturated rings. The van der Waals surface area contributed by atoms with Crippen LogP contribution in [-0.2, 0) is 11.8 Å². The molecule has 0 unspecified atom stereocenters. The van der Waals surface area contributed by atoms with E-state index in [2.05, 4.69) is 56.3 Å². The second kappa shape index (κ2) is 12.1. The molecular weight excluding hydrogens is 212 g/mol. The highest BCUT2D eigenvalue weighted by Gasteiger charge is 1.94. The molecule has 0 nitrogen and oxygen atoms in total. The molecule has 0 heterocycles. The van der Waals surface area contributed by atoms with E-state index >= 15 is 0 Å². The maximum atomic E-state index is 2.19. The van der Waals surface area contributed by atoms with Crippen molar-refractivity contribution in [2.45, 2.75) is 32.1 Å². The van der Waals surface area contributed by atoms with Crippen LogP contribution in [0.1, 0.15) is 27.2 Å². The fraction of sp³-hybridized carbons (Fsp3) is 0.333. The van der Waals surface area contributed by atoms with Gasteiger partial charge in [0.25, 0.3) is 0 Å². The number of hydrogen-bond acceptors (Lipinski definition) is 0. The predicted molar refractivity (Wildman–Crippen MR) is 78.3 cm³/mol. The summed E-state index contributed by atoms with van der Waals surface area (Å²) in [5.74, 6) is 1.21. The SMILES string of the molecule is C/C=C\C=C/CC.CC[SH+]c1ccccc1. The number of thiol groups is 1. The van der Waals surface area contributed by atoms with Crippen LogP contribution in [0.2, 0.25) is 0 Å². The number of rotatable bonds is 4. The zero-order valence-electron chi connectivity index (χ0n) is 10.6. The minimum Gasteiger partial charge on any atom is -0.0877 e. The van der Waals surface area contributed by atoms with E-state index in [0.29, 0.717) is 0 Å². The summed E-state index contributed by atoms with van der Waals surface area (Å²) < 4.78 is 0. The number of hydrogen-bond donors (Lipinski definition) is 0. The molecule has 0 saturated carbocycles. The third kappa shape index (κ3) is 9.60. The van der Waals surface area contributed by atoms with Crippen molar-refractivity contribution in [3.05, 3.63) is 54.6 Å². The van der Waals surface area contributed by atoms with Crippen LogP contribution in [0.5, 0.6) is 0 Å². The second-order valence-electron chi connectivity index (χ2n) is 3.17. The van der Waals surface area contributed by atoms with E-state index in [1.165, 1.54) is 22.4 Å². The Labute approximate surface area is 104 Å². The minimum absolute atomic E-state index is 1.13. The van der Waals surface area contributed by atoms with Gasteiger partial charge in [-0.3, -0.25) is 0 Å². The number of allylic oxidation sites excluding steroid dienone is 4. The Hall–Kier alpha value is -0.950. The Morgan fingerprint density at radius 1 is 1.06 bits per heavy atom. The van der Waals surface area contributed by atoms with Gasteiger partial charge in [0, 0.05) is 11.8 Å². The molecule has 0 aliphatic rings. The summed E-state index contributed by atoms with van der Waals surface area (Å²) in [6.07, 6.45) is 9.36. The summed E-state index contributed by atoms with van der Waals surface area (Å²) in [4.78, 5) is 1.42. The van der Waals surface area contributed by atoms with Crippen LogP contribution in [0.15, 0.2) is 59.5 Å². The monoisotopic (exact) mass is 235 g/mol. The zero-order valence-corrected chi connectivity index (χ0v) is 11.5. The maximum Gasteiger partial charge on any atom is 0.152 e. The highest BCUT2D eigenvalue weighted by atomic mass is 32.2. The van der Waals surface area contributed by atoms with Gasteiger partial charge in [0.05, 0.1) is 0 Å². The lowest BCUT2D eigenvalue weighted by molar-refractivity contribution is 1.22. The van der Waals surface area contributed by atoms with Crippen molar-refractivity contribution >= 4 is 11.8 Å². The molecule has 1 heteroatoms. The van der Waals surface area contributed by atoms with Gasteiger partial charge in [0.2, 0.25) is 0 Å². The average Bonchev–Trinajstić information content (AvgIpc) is 2.32. The van der Waals surface area contributed by atoms with E-state index in [0.717, 1.165) is 6.42 Å². The van der Waals surface area contributed by atoms with Gasteiger partial charge in [0.15, 0.2) is 4.90 Å². The Morgan fingerprint density at radius 2 is 1.75 bits per heavy atom. The van der Waals surface area contributed by atoms with E-state index in [1.54, 1.807) is 0 Å². The Kier molecular flexibility index (Phi) is 11.4. The first-order valence-electron chi connectivity index (χ1n) is 5.85. The van der Waals surface area contributed by atoms with Crippen LogP contribution in [0.3, 0.4) is 0 Å². The Bertz CT molecular complexity index is 286. The maximum absolute atomic E-state index is 2.19. The normalized spacial score (nSPS) is 10.4. The van der Waals surface area contributed by atoms with Crippen LogP contribution >= 0.6 is 0 Å². The van der Waals surface area contributed by atoms with Crippen LogP contribution < -0.4 is 0 Å². The summed E-state index contributed by atoms with van der Waals surface area (Å²) in [7, 11) is 0. The molecule has 0 aliphatic heterocycles. The van der Waals surface area contributed by atoms with Crippen molar-refractivity contribution in [2.24, 2.45) is 0 Å². The Balaban J connectivity index is 0.000000293. The highest BCUT2D eigenvalue weighted by molar-refractivity contribution is 7.78. The molecule has 0 atom stereocenters. The van der Waals surface area contributed by atoms with Crippen LogP contribution in [-0.4, -0.2) is 5.75 Å². The first kappa shape index (κ1) is 15.0. The van der Waals surface area contributed by atoms with Crippen molar-refractivity contribution in [3.63, 3.8) is 0 Å². The second-order valence-corrected chi connectivity index (χ2v) is 4.64. The molecule has 0 radical (unpaired) electrons. The van der Waals surface area contributed by atoms with Gasteiger partial charge in [-0.25, -0.2) is 0 Å². The fourth-order valence-corrected chi connectivity index (χ4v) is 1.79. The summed E-state index contributed by atoms with van der Waals surface area (Å²) in [5.41, 5.74) is 0. The Morgan fingerprint density at radius 3 is 2.25 bits per heavy atom. The molecule has 0 aromatic heterocycles. The summed E-state index contributed by atoms with van der Waals surface area (Å²) >= 11 is 1.43. The van der Waals surface area contributed by atoms with Crippen molar-refractivity contribution in [1.29, 1.82) is 0 Å². The first-order valence-corrected chi connectivity index (χ1v) is 6.93. The van der Waals surface area contributed by atoms with Crippen LogP contribution in [0.25, 0.3) is 0 Å². The molecule has 0 saturated heterocycles. The zero-order chi connectivity index (χ0) is 12.1. The highest BCUT2D eigenvalue weighted by Crippen LogP contribution is 2.00. The van der Waals surface area contributed by atoms with Gasteiger partial charge >= 0.3 is 0 Å². The lowest BCUT2D eigenvalue weighted by Crippen LogP contribution is -1.82. The minimum atomic E-state index is 1.13. The van der Waals surface area contributed by atoms with Crippen molar-refractivity contribution in [1.82, 2.24) is 0 Å². The largest absolute Gasteiger partial charge is 0.152 e. The van der Waals surface area contributed by atoms with Crippen LogP contribution in [0.4, 0.5) is 0 Å². The quantitative estimate of drug-likeness (QED) is 0.412. The summed E-state index contributed by atoms with van der Waals surface area (Å²) in [6, 6.07) is 10.5. The third-order valence-electron chi connectivity index (χ3n) is 1.77. The molecule has 0 amide bonds. The van der Waals surface area contributed by atoms with E-state index in [1.807, 2.05) is 19.1 Å². The van der Waals surface area contributed by atoms with E-state index < -0.39 is 0 Å². The standard InChI is InChI=1S/C8H10S.C7H12/c1-2-9-8-6-4-3-5-7-8;1-3-5-7-6-4-2/h3-7H,2H2,1H3;3,5-7H,4H2,1-2H3/p+1/b;5-3-,7-6-. The van der Waals surface area contributed by atoms with Gasteiger partial charge in [-0.2, -0.15) is 0 Å². The predicted octanol–water partition coefficient (Wildman–Crippen LogP) is 4.41. The molecular formula is C15H23S+. The summed E-state index contributed by atoms with van der Waals surface area (Å²) in [6.45, 7) is 6.33. The van der Waals surface area contributed by atoms with Crippen molar-refractivity contribution in [3.8, 4) is 0 Å². The number of benzene rings is 1. The van der Waals surface area contributed by atoms with Gasteiger partial charge in [-0.1, -0.05) is 49.4 Å². The molecule has 1 rings (SSSR count). The molecule has 0 N–H and O–H groups in total. The molecule has 1 aromatic rings. The molecule has 1 aromatic carbocycles.